The van der Waals surface area contributed by atoms with Gasteiger partial charge >= 0.3 is 0 Å². The molecule has 184 valence electrons. The Morgan fingerprint density at radius 1 is 1.17 bits per heavy atom. The van der Waals surface area contributed by atoms with E-state index in [0.29, 0.717) is 15.7 Å². The average molecular weight is 522 g/mol. The van der Waals surface area contributed by atoms with E-state index in [-0.39, 0.29) is 28.3 Å². The fourth-order valence-electron chi connectivity index (χ4n) is 5.46. The van der Waals surface area contributed by atoms with Crippen molar-refractivity contribution in [2.45, 2.75) is 41.4 Å². The van der Waals surface area contributed by atoms with E-state index in [2.05, 4.69) is 10.3 Å². The van der Waals surface area contributed by atoms with E-state index >= 15 is 0 Å². The molecule has 5 nitrogen and oxygen atoms in total. The molecule has 2 N–H and O–H groups in total. The molecule has 1 aromatic heterocycles. The predicted octanol–water partition coefficient (Wildman–Crippen LogP) is 5.91. The minimum absolute atomic E-state index is 0.0772. The first-order valence-electron chi connectivity index (χ1n) is 11.3. The number of benzene rings is 2. The van der Waals surface area contributed by atoms with Gasteiger partial charge in [0.1, 0.15) is 11.4 Å². The number of hydrogen-bond acceptors (Lipinski definition) is 4. The maximum atomic E-state index is 13.5. The number of anilines is 1. The van der Waals surface area contributed by atoms with Crippen LogP contribution in [0.5, 0.6) is 0 Å². The lowest BCUT2D eigenvalue weighted by atomic mass is 9.73. The van der Waals surface area contributed by atoms with E-state index in [4.69, 9.17) is 11.6 Å². The summed E-state index contributed by atoms with van der Waals surface area (Å²) in [6.45, 7) is 0. The van der Waals surface area contributed by atoms with Gasteiger partial charge < -0.3 is 15.0 Å². The van der Waals surface area contributed by atoms with Crippen LogP contribution in [0, 0.1) is 29.3 Å². The van der Waals surface area contributed by atoms with Gasteiger partial charge in [-0.05, 0) is 55.7 Å². The number of thioether (sulfide) groups is 1. The monoisotopic (exact) mass is 521 g/mol. The first-order valence-corrected chi connectivity index (χ1v) is 12.5. The maximum absolute atomic E-state index is 13.5. The molecule has 2 bridgehead atoms. The number of carbonyl (C=O) groups excluding carboxylic acids is 1. The molecule has 5 rings (SSSR count). The number of aromatic nitrogens is 2. The fourth-order valence-corrected chi connectivity index (χ4v) is 7.10. The highest BCUT2D eigenvalue weighted by Gasteiger charge is 2.56. The first-order chi connectivity index (χ1) is 16.7. The van der Waals surface area contributed by atoms with Crippen LogP contribution < -0.4 is 5.32 Å². The molecular formula is C25H23ClF3N3O2S. The van der Waals surface area contributed by atoms with Crippen molar-refractivity contribution in [3.05, 3.63) is 76.6 Å². The molecule has 0 radical (unpaired) electrons. The quantitative estimate of drug-likeness (QED) is 0.409. The molecule has 3 unspecified atom stereocenters. The van der Waals surface area contributed by atoms with Gasteiger partial charge in [0.15, 0.2) is 17.5 Å². The predicted molar refractivity (Wildman–Crippen MR) is 128 cm³/mol. The van der Waals surface area contributed by atoms with E-state index in [1.165, 1.54) is 6.07 Å². The Morgan fingerprint density at radius 2 is 1.83 bits per heavy atom. The Morgan fingerprint density at radius 3 is 2.43 bits per heavy atom. The van der Waals surface area contributed by atoms with Crippen molar-refractivity contribution in [3.8, 4) is 0 Å². The number of fused-ring (bicyclic) bond motifs is 2. The summed E-state index contributed by atoms with van der Waals surface area (Å²) in [5, 5.41) is 14.7. The molecule has 1 amide bonds. The highest BCUT2D eigenvalue weighted by Crippen LogP contribution is 2.57. The minimum Gasteiger partial charge on any atom is -0.381 e. The number of nitrogens with zero attached hydrogens (tertiary/aromatic N) is 2. The van der Waals surface area contributed by atoms with E-state index in [1.54, 1.807) is 30.1 Å². The van der Waals surface area contributed by atoms with Crippen LogP contribution in [-0.4, -0.2) is 25.8 Å². The van der Waals surface area contributed by atoms with Crippen LogP contribution in [0.3, 0.4) is 0 Å². The summed E-state index contributed by atoms with van der Waals surface area (Å²) in [7, 11) is 1.89. The van der Waals surface area contributed by atoms with Crippen molar-refractivity contribution in [3.63, 3.8) is 0 Å². The lowest BCUT2D eigenvalue weighted by Gasteiger charge is -2.42. The number of rotatable bonds is 5. The molecule has 2 saturated carbocycles. The third-order valence-electron chi connectivity index (χ3n) is 7.11. The van der Waals surface area contributed by atoms with Crippen molar-refractivity contribution in [2.75, 3.05) is 5.32 Å². The van der Waals surface area contributed by atoms with Crippen molar-refractivity contribution < 1.29 is 23.1 Å². The number of amides is 1. The van der Waals surface area contributed by atoms with Gasteiger partial charge in [-0.2, -0.15) is 0 Å². The summed E-state index contributed by atoms with van der Waals surface area (Å²) in [6.07, 6.45) is 6.96. The van der Waals surface area contributed by atoms with Crippen LogP contribution in [-0.2, 0) is 12.6 Å². The standard InChI is InChI=1S/C25H23ClF3N3O2S/c1-32-7-6-30-24(32)25(34)14-3-4-15(25)10-17(9-14)35-21-8-13(2-5-18(21)26)23(33)31-16-11-19(27)22(29)20(28)12-16/h2,5-8,11-12,14-15,17,34H,3-4,9-10H2,1H3,(H,31,33)/t14-,15?,17?,25?/m0/s1. The van der Waals surface area contributed by atoms with E-state index in [9.17, 15) is 23.1 Å². The molecule has 4 atom stereocenters. The zero-order chi connectivity index (χ0) is 24.9. The van der Waals surface area contributed by atoms with Crippen molar-refractivity contribution in [1.82, 2.24) is 9.55 Å². The first kappa shape index (κ1) is 24.2. The number of halogens is 4. The number of hydrogen-bond donors (Lipinski definition) is 2. The van der Waals surface area contributed by atoms with Crippen molar-refractivity contribution in [2.24, 2.45) is 18.9 Å². The molecule has 0 aliphatic heterocycles. The summed E-state index contributed by atoms with van der Waals surface area (Å²) in [6, 6.07) is 6.21. The smallest absolute Gasteiger partial charge is 0.255 e. The van der Waals surface area contributed by atoms with Crippen LogP contribution in [0.15, 0.2) is 47.6 Å². The Bertz CT molecular complexity index is 1260. The molecular weight excluding hydrogens is 499 g/mol. The van der Waals surface area contributed by atoms with Gasteiger partial charge in [0.2, 0.25) is 0 Å². The van der Waals surface area contributed by atoms with Crippen molar-refractivity contribution >= 4 is 35.0 Å². The molecule has 10 heteroatoms. The van der Waals surface area contributed by atoms with Gasteiger partial charge in [-0.1, -0.05) is 11.6 Å². The Balaban J connectivity index is 1.32. The van der Waals surface area contributed by atoms with Gasteiger partial charge in [-0.25, -0.2) is 18.2 Å². The zero-order valence-electron chi connectivity index (χ0n) is 18.8. The molecule has 1 heterocycles. The molecule has 0 spiro atoms. The van der Waals surface area contributed by atoms with Gasteiger partial charge in [0, 0.05) is 53.0 Å². The minimum atomic E-state index is -1.59. The number of aryl methyl sites for hydroxylation is 1. The van der Waals surface area contributed by atoms with Crippen LogP contribution in [0.25, 0.3) is 0 Å². The van der Waals surface area contributed by atoms with Gasteiger partial charge in [-0.3, -0.25) is 4.79 Å². The molecule has 2 aliphatic carbocycles. The normalized spacial score (nSPS) is 25.6. The largest absolute Gasteiger partial charge is 0.381 e. The Kier molecular flexibility index (Phi) is 6.35. The molecule has 2 fully saturated rings. The van der Waals surface area contributed by atoms with Crippen LogP contribution in [0.4, 0.5) is 18.9 Å². The SMILES string of the molecule is Cn1ccnc1C1(O)C2CC[C@H]1CC(Sc1cc(C(=O)Nc3cc(F)c(F)c(F)c3)ccc1Cl)C2. The molecule has 0 saturated heterocycles. The highest BCUT2D eigenvalue weighted by molar-refractivity contribution is 8.00. The van der Waals surface area contributed by atoms with E-state index in [0.717, 1.165) is 37.8 Å². The van der Waals surface area contributed by atoms with E-state index in [1.807, 2.05) is 17.8 Å². The van der Waals surface area contributed by atoms with Crippen LogP contribution in [0.2, 0.25) is 5.02 Å². The summed E-state index contributed by atoms with van der Waals surface area (Å²) in [5.41, 5.74) is -0.876. The summed E-state index contributed by atoms with van der Waals surface area (Å²) >= 11 is 8.00. The van der Waals surface area contributed by atoms with Gasteiger partial charge in [-0.15, -0.1) is 11.8 Å². The topological polar surface area (TPSA) is 67.1 Å². The summed E-state index contributed by atoms with van der Waals surface area (Å²) in [4.78, 5) is 17.8. The van der Waals surface area contributed by atoms with Gasteiger partial charge in [0.25, 0.3) is 5.91 Å². The molecule has 2 aromatic carbocycles. The van der Waals surface area contributed by atoms with E-state index < -0.39 is 29.0 Å². The molecule has 3 aromatic rings. The zero-order valence-corrected chi connectivity index (χ0v) is 20.3. The second kappa shape index (κ2) is 9.19. The summed E-state index contributed by atoms with van der Waals surface area (Å²) in [5.74, 6) is -4.10. The van der Waals surface area contributed by atoms with Crippen LogP contribution >= 0.6 is 23.4 Å². The number of imidazole rings is 1. The van der Waals surface area contributed by atoms with Gasteiger partial charge in [0.05, 0.1) is 5.02 Å². The lowest BCUT2D eigenvalue weighted by Crippen LogP contribution is -2.45. The molecule has 35 heavy (non-hydrogen) atoms. The lowest BCUT2D eigenvalue weighted by molar-refractivity contribution is -0.0733. The second-order valence-electron chi connectivity index (χ2n) is 9.22. The number of aliphatic hydroxyl groups is 1. The summed E-state index contributed by atoms with van der Waals surface area (Å²) < 4.78 is 42.1. The highest BCUT2D eigenvalue weighted by atomic mass is 35.5. The maximum Gasteiger partial charge on any atom is 0.255 e. The Labute approximate surface area is 209 Å². The third-order valence-corrected chi connectivity index (χ3v) is 8.86. The average Bonchev–Trinajstić information content (AvgIpc) is 3.29. The Hall–Kier alpha value is -2.49. The molecule has 2 aliphatic rings. The van der Waals surface area contributed by atoms with Crippen molar-refractivity contribution in [1.29, 1.82) is 0 Å². The number of nitrogens with one attached hydrogen (secondary N) is 1. The van der Waals surface area contributed by atoms with Crippen LogP contribution in [0.1, 0.15) is 41.9 Å². The number of carbonyl (C=O) groups is 1. The second-order valence-corrected chi connectivity index (χ2v) is 11.0. The fraction of sp³-hybridized carbons (Fsp3) is 0.360. The third kappa shape index (κ3) is 4.34.